The largest absolute Gasteiger partial charge is 0.299 e. The molecule has 66 valence electrons. The lowest BCUT2D eigenvalue weighted by molar-refractivity contribution is -0.116. The fourth-order valence-electron chi connectivity index (χ4n) is 0.560. The molecule has 0 bridgehead atoms. The number of nitrogens with zero attached hydrogens (tertiary/aromatic N) is 2. The van der Waals surface area contributed by atoms with E-state index in [4.69, 9.17) is 0 Å². The molecule has 1 aromatic heterocycles. The molecule has 0 saturated heterocycles. The van der Waals surface area contributed by atoms with Crippen LogP contribution in [0.5, 0.6) is 0 Å². The van der Waals surface area contributed by atoms with Crippen molar-refractivity contribution in [2.75, 3.05) is 0 Å². The van der Waals surface area contributed by atoms with Crippen molar-refractivity contribution in [1.29, 1.82) is 0 Å². The van der Waals surface area contributed by atoms with Gasteiger partial charge in [-0.3, -0.25) is 4.79 Å². The van der Waals surface area contributed by atoms with Crippen LogP contribution in [0.25, 0.3) is 0 Å². The highest BCUT2D eigenvalue weighted by atomic mass is 32.2. The van der Waals surface area contributed by atoms with Crippen molar-refractivity contribution >= 4 is 28.9 Å². The lowest BCUT2D eigenvalue weighted by Crippen LogP contribution is -2.07. The zero-order valence-electron chi connectivity index (χ0n) is 7.20. The van der Waals surface area contributed by atoms with E-state index in [2.05, 4.69) is 10.2 Å². The van der Waals surface area contributed by atoms with Crippen LogP contribution in [0.1, 0.15) is 18.9 Å². The minimum atomic E-state index is -0.0163. The first-order chi connectivity index (χ1) is 5.59. The number of carbonyl (C=O) groups excluding carboxylic acids is 1. The molecule has 0 amide bonds. The Balaban J connectivity index is 2.58. The van der Waals surface area contributed by atoms with Crippen LogP contribution < -0.4 is 0 Å². The molecule has 0 spiro atoms. The molecule has 0 saturated carbocycles. The molecule has 1 aromatic rings. The van der Waals surface area contributed by atoms with Gasteiger partial charge in [0.05, 0.1) is 5.25 Å². The normalized spacial score (nSPS) is 12.9. The Labute approximate surface area is 79.6 Å². The van der Waals surface area contributed by atoms with Crippen LogP contribution in [0.3, 0.4) is 0 Å². The Morgan fingerprint density at radius 2 is 2.25 bits per heavy atom. The number of hydrogen-bond acceptors (Lipinski definition) is 5. The van der Waals surface area contributed by atoms with Gasteiger partial charge in [0.25, 0.3) is 0 Å². The molecule has 0 aliphatic rings. The van der Waals surface area contributed by atoms with E-state index in [1.54, 1.807) is 6.92 Å². The average Bonchev–Trinajstić information content (AvgIpc) is 2.35. The third-order valence-corrected chi connectivity index (χ3v) is 3.50. The molecule has 5 heteroatoms. The van der Waals surface area contributed by atoms with Crippen molar-refractivity contribution in [1.82, 2.24) is 10.2 Å². The maximum atomic E-state index is 10.9. The molecule has 3 nitrogen and oxygen atoms in total. The van der Waals surface area contributed by atoms with Gasteiger partial charge in [-0.25, -0.2) is 0 Å². The summed E-state index contributed by atoms with van der Waals surface area (Å²) in [6.07, 6.45) is 0. The monoisotopic (exact) mass is 202 g/mol. The van der Waals surface area contributed by atoms with Gasteiger partial charge in [0.1, 0.15) is 10.8 Å². The second-order valence-electron chi connectivity index (χ2n) is 2.46. The second-order valence-corrected chi connectivity index (χ2v) is 5.23. The van der Waals surface area contributed by atoms with Crippen molar-refractivity contribution < 1.29 is 4.79 Å². The van der Waals surface area contributed by atoms with Crippen LogP contribution in [-0.4, -0.2) is 21.2 Å². The van der Waals surface area contributed by atoms with Crippen molar-refractivity contribution in [2.24, 2.45) is 0 Å². The van der Waals surface area contributed by atoms with E-state index < -0.39 is 0 Å². The summed E-state index contributed by atoms with van der Waals surface area (Å²) in [4.78, 5) is 10.9. The highest BCUT2D eigenvalue weighted by Crippen LogP contribution is 2.26. The molecular formula is C7H10N2OS2. The Morgan fingerprint density at radius 3 is 2.67 bits per heavy atom. The van der Waals surface area contributed by atoms with Gasteiger partial charge in [-0.05, 0) is 20.8 Å². The van der Waals surface area contributed by atoms with E-state index in [0.717, 1.165) is 9.35 Å². The summed E-state index contributed by atoms with van der Waals surface area (Å²) in [5, 5.41) is 8.70. The number of carbonyl (C=O) groups is 1. The highest BCUT2D eigenvalue weighted by molar-refractivity contribution is 8.02. The Kier molecular flexibility index (Phi) is 3.22. The average molecular weight is 202 g/mol. The van der Waals surface area contributed by atoms with Gasteiger partial charge >= 0.3 is 0 Å². The van der Waals surface area contributed by atoms with E-state index >= 15 is 0 Å². The minimum absolute atomic E-state index is 0.0163. The number of aryl methyl sites for hydroxylation is 1. The molecule has 0 N–H and O–H groups in total. The Hall–Kier alpha value is -0.420. The molecule has 1 rings (SSSR count). The fourth-order valence-corrected chi connectivity index (χ4v) is 2.52. The van der Waals surface area contributed by atoms with Crippen LogP contribution in [0.2, 0.25) is 0 Å². The first kappa shape index (κ1) is 9.67. The summed E-state index contributed by atoms with van der Waals surface area (Å²) in [7, 11) is 0. The first-order valence-electron chi connectivity index (χ1n) is 3.57. The van der Waals surface area contributed by atoms with E-state index in [1.165, 1.54) is 23.1 Å². The lowest BCUT2D eigenvalue weighted by atomic mass is 10.3. The van der Waals surface area contributed by atoms with Crippen molar-refractivity contribution in [3.05, 3.63) is 5.01 Å². The van der Waals surface area contributed by atoms with Gasteiger partial charge in [0, 0.05) is 0 Å². The quantitative estimate of drug-likeness (QED) is 0.702. The standard InChI is InChI=1S/C7H10N2OS2/c1-4(10)5(2)11-7-9-8-6(3)12-7/h5H,1-3H3. The number of hydrogen-bond donors (Lipinski definition) is 0. The molecule has 12 heavy (non-hydrogen) atoms. The van der Waals surface area contributed by atoms with Crippen molar-refractivity contribution in [3.8, 4) is 0 Å². The van der Waals surface area contributed by atoms with Gasteiger partial charge in [-0.2, -0.15) is 0 Å². The lowest BCUT2D eigenvalue weighted by Gasteiger charge is -2.01. The number of Topliss-reactive ketones (excluding diaryl/α,β-unsaturated/α-hetero) is 1. The smallest absolute Gasteiger partial charge is 0.174 e. The minimum Gasteiger partial charge on any atom is -0.299 e. The van der Waals surface area contributed by atoms with Crippen molar-refractivity contribution in [3.63, 3.8) is 0 Å². The molecule has 1 heterocycles. The van der Waals surface area contributed by atoms with E-state index in [9.17, 15) is 4.79 Å². The van der Waals surface area contributed by atoms with Crippen LogP contribution in [-0.2, 0) is 4.79 Å². The molecule has 0 aliphatic heterocycles. The molecule has 0 aromatic carbocycles. The number of aromatic nitrogens is 2. The molecule has 1 unspecified atom stereocenters. The van der Waals surface area contributed by atoms with Crippen LogP contribution >= 0.6 is 23.1 Å². The third kappa shape index (κ3) is 2.57. The van der Waals surface area contributed by atoms with E-state index in [0.29, 0.717) is 0 Å². The van der Waals surface area contributed by atoms with Crippen molar-refractivity contribution in [2.45, 2.75) is 30.4 Å². The predicted molar refractivity (Wildman–Crippen MR) is 50.6 cm³/mol. The number of rotatable bonds is 3. The highest BCUT2D eigenvalue weighted by Gasteiger charge is 2.11. The van der Waals surface area contributed by atoms with Crippen LogP contribution in [0.15, 0.2) is 4.34 Å². The molecule has 0 radical (unpaired) electrons. The Morgan fingerprint density at radius 1 is 1.58 bits per heavy atom. The molecular weight excluding hydrogens is 192 g/mol. The summed E-state index contributed by atoms with van der Waals surface area (Å²) in [6.45, 7) is 5.37. The zero-order valence-corrected chi connectivity index (χ0v) is 8.83. The first-order valence-corrected chi connectivity index (χ1v) is 5.26. The SMILES string of the molecule is CC(=O)C(C)Sc1nnc(C)s1. The van der Waals surface area contributed by atoms with Gasteiger partial charge in [-0.15, -0.1) is 10.2 Å². The summed E-state index contributed by atoms with van der Waals surface area (Å²) < 4.78 is 0.871. The second kappa shape index (κ2) is 4.00. The fraction of sp³-hybridized carbons (Fsp3) is 0.571. The predicted octanol–water partition coefficient (Wildman–Crippen LogP) is 1.92. The maximum Gasteiger partial charge on any atom is 0.174 e. The van der Waals surface area contributed by atoms with Crippen LogP contribution in [0.4, 0.5) is 0 Å². The number of thioether (sulfide) groups is 1. The topological polar surface area (TPSA) is 42.9 Å². The van der Waals surface area contributed by atoms with E-state index in [-0.39, 0.29) is 11.0 Å². The van der Waals surface area contributed by atoms with Gasteiger partial charge in [-0.1, -0.05) is 23.1 Å². The summed E-state index contributed by atoms with van der Waals surface area (Å²) >= 11 is 2.99. The summed E-state index contributed by atoms with van der Waals surface area (Å²) in [5.74, 6) is 0.174. The maximum absolute atomic E-state index is 10.9. The zero-order chi connectivity index (χ0) is 9.14. The van der Waals surface area contributed by atoms with Gasteiger partial charge < -0.3 is 0 Å². The third-order valence-electron chi connectivity index (χ3n) is 1.36. The Bertz CT molecular complexity index is 285. The number of ketones is 1. The van der Waals surface area contributed by atoms with Crippen LogP contribution in [0, 0.1) is 6.92 Å². The summed E-state index contributed by atoms with van der Waals surface area (Å²) in [6, 6.07) is 0. The summed E-state index contributed by atoms with van der Waals surface area (Å²) in [5.41, 5.74) is 0. The van der Waals surface area contributed by atoms with E-state index in [1.807, 2.05) is 13.8 Å². The molecule has 1 atom stereocenters. The molecule has 0 aliphatic carbocycles. The van der Waals surface area contributed by atoms with Gasteiger partial charge in [0.15, 0.2) is 4.34 Å². The van der Waals surface area contributed by atoms with Gasteiger partial charge in [0.2, 0.25) is 0 Å². The molecule has 0 fully saturated rings.